The van der Waals surface area contributed by atoms with E-state index in [1.54, 1.807) is 6.92 Å². The average Bonchev–Trinajstić information content (AvgIpc) is 2.95. The first-order valence-electron chi connectivity index (χ1n) is 7.97. The van der Waals surface area contributed by atoms with Crippen LogP contribution in [0.4, 0.5) is 0 Å². The van der Waals surface area contributed by atoms with Crippen LogP contribution in [0.15, 0.2) is 23.1 Å². The molecule has 1 fully saturated rings. The van der Waals surface area contributed by atoms with Gasteiger partial charge in [-0.05, 0) is 26.8 Å². The predicted molar refractivity (Wildman–Crippen MR) is 86.2 cm³/mol. The smallest absolute Gasteiger partial charge is 0.251 e. The van der Waals surface area contributed by atoms with E-state index in [1.165, 1.54) is 11.8 Å². The topological polar surface area (TPSA) is 76.0 Å². The van der Waals surface area contributed by atoms with Crippen LogP contribution in [0.2, 0.25) is 0 Å². The van der Waals surface area contributed by atoms with E-state index < -0.39 is 0 Å². The minimum atomic E-state index is -0.167. The van der Waals surface area contributed by atoms with Gasteiger partial charge in [0.15, 0.2) is 0 Å². The second kappa shape index (κ2) is 6.64. The SMILES string of the molecule is Cc1nc(C2CN(Cc3ccnn3C(C)C)CCO2)cc(=O)[nH]1. The second-order valence-corrected chi connectivity index (χ2v) is 6.21. The number of morpholine rings is 1. The fraction of sp³-hybridized carbons (Fsp3) is 0.562. The molecule has 2 aromatic heterocycles. The minimum Gasteiger partial charge on any atom is -0.369 e. The summed E-state index contributed by atoms with van der Waals surface area (Å²) in [7, 11) is 0. The van der Waals surface area contributed by atoms with Gasteiger partial charge in [0.25, 0.3) is 5.56 Å². The van der Waals surface area contributed by atoms with E-state index in [2.05, 4.69) is 39.9 Å². The number of ether oxygens (including phenoxy) is 1. The third-order valence-electron chi connectivity index (χ3n) is 3.99. The van der Waals surface area contributed by atoms with Gasteiger partial charge >= 0.3 is 0 Å². The van der Waals surface area contributed by atoms with Gasteiger partial charge in [0.2, 0.25) is 0 Å². The lowest BCUT2D eigenvalue weighted by molar-refractivity contribution is -0.0359. The summed E-state index contributed by atoms with van der Waals surface area (Å²) in [6.07, 6.45) is 1.68. The molecule has 1 atom stereocenters. The molecule has 2 aromatic rings. The Labute approximate surface area is 135 Å². The van der Waals surface area contributed by atoms with Crippen LogP contribution in [0.25, 0.3) is 0 Å². The number of aryl methyl sites for hydroxylation is 1. The Hall–Kier alpha value is -1.99. The predicted octanol–water partition coefficient (Wildman–Crippen LogP) is 1.43. The fourth-order valence-electron chi connectivity index (χ4n) is 2.95. The molecule has 0 aliphatic carbocycles. The Morgan fingerprint density at radius 3 is 3.04 bits per heavy atom. The molecule has 0 bridgehead atoms. The number of hydrogen-bond acceptors (Lipinski definition) is 5. The largest absolute Gasteiger partial charge is 0.369 e. The lowest BCUT2D eigenvalue weighted by Gasteiger charge is -2.32. The molecule has 1 aliphatic heterocycles. The van der Waals surface area contributed by atoms with Crippen molar-refractivity contribution in [2.75, 3.05) is 19.7 Å². The zero-order valence-corrected chi connectivity index (χ0v) is 13.8. The lowest BCUT2D eigenvalue weighted by atomic mass is 10.2. The van der Waals surface area contributed by atoms with Crippen LogP contribution in [0.1, 0.15) is 43.2 Å². The molecule has 0 saturated carbocycles. The summed E-state index contributed by atoms with van der Waals surface area (Å²) in [6, 6.07) is 3.92. The molecule has 1 unspecified atom stereocenters. The maximum atomic E-state index is 11.6. The van der Waals surface area contributed by atoms with E-state index in [0.717, 1.165) is 19.6 Å². The fourth-order valence-corrected chi connectivity index (χ4v) is 2.95. The van der Waals surface area contributed by atoms with Gasteiger partial charge in [-0.15, -0.1) is 0 Å². The van der Waals surface area contributed by atoms with Gasteiger partial charge in [0.05, 0.1) is 18.0 Å². The Bertz CT molecular complexity index is 721. The highest BCUT2D eigenvalue weighted by Gasteiger charge is 2.24. The molecule has 1 saturated heterocycles. The van der Waals surface area contributed by atoms with Gasteiger partial charge in [-0.3, -0.25) is 14.4 Å². The molecule has 0 aromatic carbocycles. The molecule has 23 heavy (non-hydrogen) atoms. The molecule has 7 nitrogen and oxygen atoms in total. The van der Waals surface area contributed by atoms with E-state index >= 15 is 0 Å². The molecule has 1 N–H and O–H groups in total. The van der Waals surface area contributed by atoms with Gasteiger partial charge in [-0.25, -0.2) is 4.98 Å². The molecular formula is C16H23N5O2. The van der Waals surface area contributed by atoms with Gasteiger partial charge in [-0.2, -0.15) is 5.10 Å². The van der Waals surface area contributed by atoms with Crippen molar-refractivity contribution in [2.24, 2.45) is 0 Å². The first-order chi connectivity index (χ1) is 11.0. The molecule has 3 heterocycles. The van der Waals surface area contributed by atoms with Crippen molar-refractivity contribution in [3.05, 3.63) is 45.9 Å². The molecule has 0 spiro atoms. The Kier molecular flexibility index (Phi) is 4.58. The van der Waals surface area contributed by atoms with Crippen molar-refractivity contribution < 1.29 is 4.74 Å². The van der Waals surface area contributed by atoms with E-state index in [0.29, 0.717) is 24.2 Å². The van der Waals surface area contributed by atoms with E-state index in [9.17, 15) is 4.79 Å². The molecule has 7 heteroatoms. The monoisotopic (exact) mass is 317 g/mol. The van der Waals surface area contributed by atoms with Crippen molar-refractivity contribution in [2.45, 2.75) is 39.5 Å². The number of H-pyrrole nitrogens is 1. The van der Waals surface area contributed by atoms with E-state index in [1.807, 2.05) is 10.9 Å². The standard InChI is InChI=1S/C16H23N5O2/c1-11(2)21-13(4-5-17-21)9-20-6-7-23-15(10-20)14-8-16(22)19-12(3)18-14/h4-5,8,11,15H,6-7,9-10H2,1-3H3,(H,18,19,22). The van der Waals surface area contributed by atoms with Crippen LogP contribution in [0, 0.1) is 6.92 Å². The maximum absolute atomic E-state index is 11.6. The highest BCUT2D eigenvalue weighted by molar-refractivity contribution is 5.08. The summed E-state index contributed by atoms with van der Waals surface area (Å²) in [4.78, 5) is 21.0. The van der Waals surface area contributed by atoms with Crippen molar-refractivity contribution in [1.29, 1.82) is 0 Å². The Balaban J connectivity index is 1.73. The summed E-state index contributed by atoms with van der Waals surface area (Å²) in [5.74, 6) is 0.617. The van der Waals surface area contributed by atoms with Gasteiger partial charge < -0.3 is 9.72 Å². The zero-order chi connectivity index (χ0) is 16.4. The first-order valence-corrected chi connectivity index (χ1v) is 7.97. The number of nitrogens with zero attached hydrogens (tertiary/aromatic N) is 4. The summed E-state index contributed by atoms with van der Waals surface area (Å²) in [5.41, 5.74) is 1.76. The van der Waals surface area contributed by atoms with Crippen molar-refractivity contribution in [3.63, 3.8) is 0 Å². The van der Waals surface area contributed by atoms with Gasteiger partial charge in [0.1, 0.15) is 11.9 Å². The van der Waals surface area contributed by atoms with Crippen LogP contribution in [-0.2, 0) is 11.3 Å². The molecule has 3 rings (SSSR count). The van der Waals surface area contributed by atoms with Crippen molar-refractivity contribution >= 4 is 0 Å². The molecule has 124 valence electrons. The average molecular weight is 317 g/mol. The summed E-state index contributed by atoms with van der Waals surface area (Å²) in [5, 5.41) is 4.38. The van der Waals surface area contributed by atoms with Crippen LogP contribution in [0.3, 0.4) is 0 Å². The minimum absolute atomic E-state index is 0.133. The maximum Gasteiger partial charge on any atom is 0.251 e. The van der Waals surface area contributed by atoms with E-state index in [-0.39, 0.29) is 11.7 Å². The number of aromatic amines is 1. The second-order valence-electron chi connectivity index (χ2n) is 6.21. The van der Waals surface area contributed by atoms with Crippen LogP contribution < -0.4 is 5.56 Å². The number of aromatic nitrogens is 4. The normalized spacial score (nSPS) is 19.4. The number of hydrogen-bond donors (Lipinski definition) is 1. The van der Waals surface area contributed by atoms with Gasteiger partial charge in [0, 0.05) is 37.9 Å². The third-order valence-corrected chi connectivity index (χ3v) is 3.99. The number of nitrogens with one attached hydrogen (secondary N) is 1. The summed E-state index contributed by atoms with van der Waals surface area (Å²) < 4.78 is 7.86. The Morgan fingerprint density at radius 2 is 2.30 bits per heavy atom. The Morgan fingerprint density at radius 1 is 1.48 bits per heavy atom. The van der Waals surface area contributed by atoms with Crippen LogP contribution >= 0.6 is 0 Å². The third kappa shape index (κ3) is 3.68. The molecule has 0 amide bonds. The van der Waals surface area contributed by atoms with Crippen molar-refractivity contribution in [1.82, 2.24) is 24.6 Å². The van der Waals surface area contributed by atoms with Gasteiger partial charge in [-0.1, -0.05) is 0 Å². The molecular weight excluding hydrogens is 294 g/mol. The van der Waals surface area contributed by atoms with E-state index in [4.69, 9.17) is 4.74 Å². The molecule has 0 radical (unpaired) electrons. The lowest BCUT2D eigenvalue weighted by Crippen LogP contribution is -2.39. The summed E-state index contributed by atoms with van der Waals surface area (Å²) >= 11 is 0. The van der Waals surface area contributed by atoms with Crippen LogP contribution in [-0.4, -0.2) is 44.3 Å². The number of rotatable bonds is 4. The summed E-state index contributed by atoms with van der Waals surface area (Å²) in [6.45, 7) is 9.07. The zero-order valence-electron chi connectivity index (χ0n) is 13.8. The van der Waals surface area contributed by atoms with Crippen LogP contribution in [0.5, 0.6) is 0 Å². The highest BCUT2D eigenvalue weighted by Crippen LogP contribution is 2.21. The van der Waals surface area contributed by atoms with Crippen molar-refractivity contribution in [3.8, 4) is 0 Å². The quantitative estimate of drug-likeness (QED) is 0.923. The molecule has 1 aliphatic rings. The highest BCUT2D eigenvalue weighted by atomic mass is 16.5. The first kappa shape index (κ1) is 15.9.